The molecule has 1 heterocycles. The van der Waals surface area contributed by atoms with Crippen LogP contribution in [0.2, 0.25) is 0 Å². The maximum atomic E-state index is 13.5. The highest BCUT2D eigenvalue weighted by atomic mass is 32.2. The van der Waals surface area contributed by atoms with Crippen molar-refractivity contribution in [2.75, 3.05) is 23.5 Å². The van der Waals surface area contributed by atoms with Gasteiger partial charge in [0.2, 0.25) is 5.91 Å². The molecule has 0 aliphatic heterocycles. The number of thioether (sulfide) groups is 1. The molecule has 0 bridgehead atoms. The lowest BCUT2D eigenvalue weighted by Gasteiger charge is -2.13. The summed E-state index contributed by atoms with van der Waals surface area (Å²) in [7, 11) is 1.35. The fourth-order valence-electron chi connectivity index (χ4n) is 4.99. The maximum absolute atomic E-state index is 13.5. The van der Waals surface area contributed by atoms with Crippen molar-refractivity contribution in [2.45, 2.75) is 37.5 Å². The summed E-state index contributed by atoms with van der Waals surface area (Å²) in [5.41, 5.74) is 4.24. The number of hydrogen-bond donors (Lipinski definition) is 3. The Bertz CT molecular complexity index is 1760. The normalized spacial score (nSPS) is 12.5. The fourth-order valence-corrected chi connectivity index (χ4v) is 7.04. The van der Waals surface area contributed by atoms with Gasteiger partial charge < -0.3 is 20.7 Å². The molecule has 10 heteroatoms. The van der Waals surface area contributed by atoms with Crippen molar-refractivity contribution in [1.82, 2.24) is 5.32 Å². The number of ether oxygens (including phenoxy) is 1. The summed E-state index contributed by atoms with van der Waals surface area (Å²) in [6.45, 7) is 1.93. The first-order valence-corrected chi connectivity index (χ1v) is 16.3. The summed E-state index contributed by atoms with van der Waals surface area (Å²) < 4.78 is 5.01. The van der Waals surface area contributed by atoms with E-state index in [4.69, 9.17) is 4.74 Å². The van der Waals surface area contributed by atoms with Crippen LogP contribution >= 0.6 is 23.1 Å². The number of benzene rings is 3. The number of aryl methyl sites for hydroxylation is 2. The zero-order valence-electron chi connectivity index (χ0n) is 25.0. The second-order valence-electron chi connectivity index (χ2n) is 10.5. The molecular formula is C35H33N3O5S2. The molecule has 0 atom stereocenters. The van der Waals surface area contributed by atoms with Gasteiger partial charge in [0, 0.05) is 21.0 Å². The second kappa shape index (κ2) is 14.9. The molecule has 3 amide bonds. The SMILES string of the molecule is COC(=O)c1c(NC(=O)CSc2cccc(NC(=O)/C(=C/c3ccccc3C)NC(=O)c3ccccc3)c2)sc2c1CCCC2. The average Bonchev–Trinajstić information content (AvgIpc) is 3.42. The lowest BCUT2D eigenvalue weighted by Crippen LogP contribution is -2.30. The van der Waals surface area contributed by atoms with Gasteiger partial charge in [-0.05, 0) is 85.7 Å². The first kappa shape index (κ1) is 31.7. The van der Waals surface area contributed by atoms with Crippen LogP contribution in [0.3, 0.4) is 0 Å². The van der Waals surface area contributed by atoms with Crippen LogP contribution < -0.4 is 16.0 Å². The number of methoxy groups -OCH3 is 1. The van der Waals surface area contributed by atoms with E-state index in [-0.39, 0.29) is 17.4 Å². The molecule has 1 aliphatic rings. The van der Waals surface area contributed by atoms with E-state index in [2.05, 4.69) is 16.0 Å². The summed E-state index contributed by atoms with van der Waals surface area (Å²) >= 11 is 2.75. The van der Waals surface area contributed by atoms with Gasteiger partial charge in [0.25, 0.3) is 11.8 Å². The smallest absolute Gasteiger partial charge is 0.341 e. The summed E-state index contributed by atoms with van der Waals surface area (Å²) in [5, 5.41) is 9.08. The van der Waals surface area contributed by atoms with E-state index in [9.17, 15) is 19.2 Å². The Labute approximate surface area is 270 Å². The van der Waals surface area contributed by atoms with E-state index < -0.39 is 17.8 Å². The Morgan fingerprint density at radius 2 is 1.67 bits per heavy atom. The Kier molecular flexibility index (Phi) is 10.5. The van der Waals surface area contributed by atoms with Crippen LogP contribution in [0, 0.1) is 6.92 Å². The van der Waals surface area contributed by atoms with Crippen LogP contribution in [0.25, 0.3) is 6.08 Å². The highest BCUT2D eigenvalue weighted by Crippen LogP contribution is 2.38. The van der Waals surface area contributed by atoms with Crippen LogP contribution in [0.15, 0.2) is 89.5 Å². The number of carbonyl (C=O) groups excluding carboxylic acids is 4. The third-order valence-electron chi connectivity index (χ3n) is 7.29. The molecule has 5 rings (SSSR count). The molecule has 45 heavy (non-hydrogen) atoms. The summed E-state index contributed by atoms with van der Waals surface area (Å²) in [5.74, 6) is -1.46. The van der Waals surface area contributed by atoms with Crippen LogP contribution in [0.5, 0.6) is 0 Å². The molecule has 0 unspecified atom stereocenters. The molecule has 0 saturated heterocycles. The number of amides is 3. The number of esters is 1. The van der Waals surface area contributed by atoms with Gasteiger partial charge in [0.15, 0.2) is 0 Å². The summed E-state index contributed by atoms with van der Waals surface area (Å²) in [6.07, 6.45) is 5.42. The molecular weight excluding hydrogens is 607 g/mol. The van der Waals surface area contributed by atoms with Crippen molar-refractivity contribution in [1.29, 1.82) is 0 Å². The van der Waals surface area contributed by atoms with E-state index in [0.717, 1.165) is 52.1 Å². The van der Waals surface area contributed by atoms with Crippen molar-refractivity contribution in [2.24, 2.45) is 0 Å². The fraction of sp³-hybridized carbons (Fsp3) is 0.200. The molecule has 3 aromatic carbocycles. The van der Waals surface area contributed by atoms with Crippen LogP contribution in [0.1, 0.15) is 55.1 Å². The van der Waals surface area contributed by atoms with E-state index in [0.29, 0.717) is 21.8 Å². The van der Waals surface area contributed by atoms with Gasteiger partial charge in [0.1, 0.15) is 10.7 Å². The standard InChI is InChI=1S/C35H33N3O5S2/c1-22-11-6-7-14-24(22)19-28(37-32(40)23-12-4-3-5-13-23)33(41)36-25-15-10-16-26(20-25)44-21-30(39)38-34-31(35(42)43-2)27-17-8-9-18-29(27)45-34/h3-7,10-16,19-20H,8-9,17-18,21H2,1-2H3,(H,36,41)(H,37,40)(H,38,39)/b28-19-. The van der Waals surface area contributed by atoms with Gasteiger partial charge in [-0.1, -0.05) is 48.5 Å². The molecule has 0 radical (unpaired) electrons. The zero-order chi connectivity index (χ0) is 31.8. The summed E-state index contributed by atoms with van der Waals surface area (Å²) in [4.78, 5) is 53.8. The predicted molar refractivity (Wildman–Crippen MR) is 180 cm³/mol. The van der Waals surface area contributed by atoms with E-state index in [1.807, 2.05) is 43.3 Å². The van der Waals surface area contributed by atoms with Gasteiger partial charge in [-0.25, -0.2) is 4.79 Å². The average molecular weight is 640 g/mol. The molecule has 1 aliphatic carbocycles. The number of thiophene rings is 1. The highest BCUT2D eigenvalue weighted by molar-refractivity contribution is 8.00. The van der Waals surface area contributed by atoms with Crippen molar-refractivity contribution in [3.05, 3.63) is 117 Å². The minimum absolute atomic E-state index is 0.0932. The number of carbonyl (C=O) groups is 4. The molecule has 4 aromatic rings. The van der Waals surface area contributed by atoms with E-state index in [1.54, 1.807) is 48.5 Å². The maximum Gasteiger partial charge on any atom is 0.341 e. The van der Waals surface area contributed by atoms with Crippen molar-refractivity contribution < 1.29 is 23.9 Å². The lowest BCUT2D eigenvalue weighted by molar-refractivity contribution is -0.114. The number of fused-ring (bicyclic) bond motifs is 1. The lowest BCUT2D eigenvalue weighted by atomic mass is 9.95. The van der Waals surface area contributed by atoms with Crippen LogP contribution in [-0.2, 0) is 27.2 Å². The van der Waals surface area contributed by atoms with E-state index >= 15 is 0 Å². The number of nitrogens with one attached hydrogen (secondary N) is 3. The Morgan fingerprint density at radius 1 is 0.911 bits per heavy atom. The first-order valence-electron chi connectivity index (χ1n) is 14.5. The number of hydrogen-bond acceptors (Lipinski definition) is 7. The monoisotopic (exact) mass is 639 g/mol. The van der Waals surface area contributed by atoms with Gasteiger partial charge >= 0.3 is 5.97 Å². The number of anilines is 2. The topological polar surface area (TPSA) is 114 Å². The zero-order valence-corrected chi connectivity index (χ0v) is 26.6. The molecule has 1 aromatic heterocycles. The molecule has 8 nitrogen and oxygen atoms in total. The van der Waals surface area contributed by atoms with Crippen molar-refractivity contribution >= 4 is 63.6 Å². The number of rotatable bonds is 10. The highest BCUT2D eigenvalue weighted by Gasteiger charge is 2.27. The van der Waals surface area contributed by atoms with Crippen molar-refractivity contribution in [3.63, 3.8) is 0 Å². The summed E-state index contributed by atoms with van der Waals surface area (Å²) in [6, 6.07) is 23.4. The largest absolute Gasteiger partial charge is 0.465 e. The second-order valence-corrected chi connectivity index (χ2v) is 12.6. The van der Waals surface area contributed by atoms with E-state index in [1.165, 1.54) is 30.2 Å². The first-order chi connectivity index (χ1) is 21.8. The minimum atomic E-state index is -0.487. The Hall–Kier alpha value is -4.67. The molecule has 0 spiro atoms. The predicted octanol–water partition coefficient (Wildman–Crippen LogP) is 6.86. The van der Waals surface area contributed by atoms with Crippen LogP contribution in [0.4, 0.5) is 10.7 Å². The quantitative estimate of drug-likeness (QED) is 0.0993. The molecule has 230 valence electrons. The van der Waals surface area contributed by atoms with Crippen molar-refractivity contribution in [3.8, 4) is 0 Å². The Balaban J connectivity index is 1.27. The van der Waals surface area contributed by atoms with Crippen LogP contribution in [-0.4, -0.2) is 36.6 Å². The van der Waals surface area contributed by atoms with Gasteiger partial charge in [-0.3, -0.25) is 14.4 Å². The van der Waals surface area contributed by atoms with Gasteiger partial charge in [-0.2, -0.15) is 0 Å². The Morgan fingerprint density at radius 3 is 2.44 bits per heavy atom. The van der Waals surface area contributed by atoms with Gasteiger partial charge in [0.05, 0.1) is 18.4 Å². The van der Waals surface area contributed by atoms with Gasteiger partial charge in [-0.15, -0.1) is 23.1 Å². The molecule has 0 saturated carbocycles. The third kappa shape index (κ3) is 8.09. The molecule has 3 N–H and O–H groups in total. The third-order valence-corrected chi connectivity index (χ3v) is 9.49. The minimum Gasteiger partial charge on any atom is -0.465 e. The molecule has 0 fully saturated rings.